The van der Waals surface area contributed by atoms with Crippen LogP contribution in [0, 0.1) is 12.1 Å². The van der Waals surface area contributed by atoms with E-state index in [-0.39, 0.29) is 11.8 Å². The molecule has 1 unspecified atom stereocenters. The van der Waals surface area contributed by atoms with Crippen molar-refractivity contribution in [1.29, 1.82) is 0 Å². The molecule has 1 heterocycles. The molecule has 1 aliphatic heterocycles. The number of carbonyl (C=O) groups is 1. The maximum Gasteiger partial charge on any atom is 0.414 e. The highest BCUT2D eigenvalue weighted by molar-refractivity contribution is 5.90. The fourth-order valence-corrected chi connectivity index (χ4v) is 1.70. The SMILES string of the molecule is Cc1cc([NH+]([O-])O)ccc1N1CCOC1=O. The minimum Gasteiger partial charge on any atom is -0.595 e. The second-order valence-electron chi connectivity index (χ2n) is 3.57. The molecule has 0 bridgehead atoms. The van der Waals surface area contributed by atoms with E-state index in [4.69, 9.17) is 9.94 Å². The van der Waals surface area contributed by atoms with Crippen molar-refractivity contribution in [2.75, 3.05) is 18.1 Å². The summed E-state index contributed by atoms with van der Waals surface area (Å²) in [4.78, 5) is 12.8. The van der Waals surface area contributed by atoms with E-state index in [1.54, 1.807) is 19.1 Å². The Morgan fingerprint density at radius 3 is 2.81 bits per heavy atom. The van der Waals surface area contributed by atoms with Crippen LogP contribution in [0.4, 0.5) is 16.2 Å². The van der Waals surface area contributed by atoms with E-state index in [0.29, 0.717) is 18.8 Å². The van der Waals surface area contributed by atoms with E-state index in [1.165, 1.54) is 11.0 Å². The molecule has 6 heteroatoms. The molecule has 16 heavy (non-hydrogen) atoms. The lowest BCUT2D eigenvalue weighted by Gasteiger charge is -2.18. The third kappa shape index (κ3) is 1.85. The van der Waals surface area contributed by atoms with Crippen LogP contribution in [0.1, 0.15) is 5.56 Å². The van der Waals surface area contributed by atoms with Crippen LogP contribution in [-0.2, 0) is 4.74 Å². The summed E-state index contributed by atoms with van der Waals surface area (Å²) in [6, 6.07) is 4.66. The van der Waals surface area contributed by atoms with Crippen LogP contribution in [0.5, 0.6) is 0 Å². The lowest BCUT2D eigenvalue weighted by atomic mass is 10.1. The van der Waals surface area contributed by atoms with Crippen molar-refractivity contribution in [2.45, 2.75) is 6.92 Å². The summed E-state index contributed by atoms with van der Waals surface area (Å²) in [5, 5.41) is 18.6. The monoisotopic (exact) mass is 224 g/mol. The molecule has 0 saturated carbocycles. The van der Waals surface area contributed by atoms with Crippen molar-refractivity contribution >= 4 is 17.5 Å². The molecule has 1 aliphatic rings. The van der Waals surface area contributed by atoms with Gasteiger partial charge in [0.25, 0.3) is 0 Å². The van der Waals surface area contributed by atoms with Crippen LogP contribution in [0.15, 0.2) is 18.2 Å². The van der Waals surface area contributed by atoms with Gasteiger partial charge in [0.1, 0.15) is 6.61 Å². The zero-order chi connectivity index (χ0) is 11.7. The van der Waals surface area contributed by atoms with E-state index in [0.717, 1.165) is 5.56 Å². The van der Waals surface area contributed by atoms with Crippen LogP contribution >= 0.6 is 0 Å². The van der Waals surface area contributed by atoms with Gasteiger partial charge in [-0.3, -0.25) is 4.90 Å². The first kappa shape index (κ1) is 10.9. The average Bonchev–Trinajstić information content (AvgIpc) is 2.64. The zero-order valence-electron chi connectivity index (χ0n) is 8.77. The van der Waals surface area contributed by atoms with Gasteiger partial charge in [-0.05, 0) is 18.6 Å². The maximum atomic E-state index is 11.3. The summed E-state index contributed by atoms with van der Waals surface area (Å²) in [6.45, 7) is 2.65. The predicted octanol–water partition coefficient (Wildman–Crippen LogP) is 0.355. The van der Waals surface area contributed by atoms with Crippen LogP contribution in [0.25, 0.3) is 0 Å². The molecule has 6 nitrogen and oxygen atoms in total. The molecule has 0 aliphatic carbocycles. The molecule has 1 amide bonds. The lowest BCUT2D eigenvalue weighted by Crippen LogP contribution is -2.99. The van der Waals surface area contributed by atoms with Crippen molar-refractivity contribution in [3.05, 3.63) is 29.0 Å². The summed E-state index contributed by atoms with van der Waals surface area (Å²) in [7, 11) is 0. The number of benzene rings is 1. The topological polar surface area (TPSA) is 77.3 Å². The number of cyclic esters (lactones) is 1. The number of ether oxygens (including phenoxy) is 1. The molecule has 2 rings (SSSR count). The van der Waals surface area contributed by atoms with Gasteiger partial charge in [-0.15, -0.1) is 0 Å². The van der Waals surface area contributed by atoms with E-state index in [1.807, 2.05) is 0 Å². The van der Waals surface area contributed by atoms with Crippen molar-refractivity contribution in [2.24, 2.45) is 0 Å². The minimum atomic E-state index is -0.973. The van der Waals surface area contributed by atoms with E-state index in [9.17, 15) is 10.0 Å². The van der Waals surface area contributed by atoms with Gasteiger partial charge < -0.3 is 9.94 Å². The largest absolute Gasteiger partial charge is 0.595 e. The second-order valence-corrected chi connectivity index (χ2v) is 3.57. The molecular weight excluding hydrogens is 212 g/mol. The van der Waals surface area contributed by atoms with Crippen molar-refractivity contribution in [3.8, 4) is 0 Å². The van der Waals surface area contributed by atoms with Gasteiger partial charge in [0.15, 0.2) is 5.69 Å². The molecular formula is C10H12N2O4. The number of nitrogens with one attached hydrogen (secondary N) is 1. The number of hydrogen-bond donors (Lipinski definition) is 2. The number of amides is 1. The Hall–Kier alpha value is -1.63. The van der Waals surface area contributed by atoms with Crippen molar-refractivity contribution in [3.63, 3.8) is 0 Å². The summed E-state index contributed by atoms with van der Waals surface area (Å²) in [6.07, 6.45) is -0.383. The molecule has 2 N–H and O–H groups in total. The van der Waals surface area contributed by atoms with E-state index in [2.05, 4.69) is 0 Å². The highest BCUT2D eigenvalue weighted by Crippen LogP contribution is 2.24. The first-order valence-corrected chi connectivity index (χ1v) is 4.88. The Bertz CT molecular complexity index is 419. The molecule has 1 saturated heterocycles. The first-order chi connectivity index (χ1) is 7.59. The van der Waals surface area contributed by atoms with Gasteiger partial charge in [-0.25, -0.2) is 10.0 Å². The third-order valence-corrected chi connectivity index (χ3v) is 2.50. The van der Waals surface area contributed by atoms with E-state index >= 15 is 0 Å². The second kappa shape index (κ2) is 4.09. The van der Waals surface area contributed by atoms with E-state index < -0.39 is 5.23 Å². The van der Waals surface area contributed by atoms with Gasteiger partial charge in [-0.1, -0.05) is 0 Å². The Kier molecular flexibility index (Phi) is 2.78. The van der Waals surface area contributed by atoms with Crippen molar-refractivity contribution < 1.29 is 20.0 Å². The Morgan fingerprint density at radius 2 is 2.31 bits per heavy atom. The van der Waals surface area contributed by atoms with Crippen LogP contribution in [0.3, 0.4) is 0 Å². The number of rotatable bonds is 2. The highest BCUT2D eigenvalue weighted by Gasteiger charge is 2.25. The van der Waals surface area contributed by atoms with Crippen molar-refractivity contribution in [1.82, 2.24) is 0 Å². The quantitative estimate of drug-likeness (QED) is 0.711. The molecule has 1 aromatic rings. The molecule has 1 fully saturated rings. The standard InChI is InChI=1S/C10H12N2O4/c1-7-6-8(12(14)15)2-3-9(7)11-4-5-16-10(11)13/h2-3,6,12,14H,4-5H2,1H3. The van der Waals surface area contributed by atoms with Crippen LogP contribution in [-0.4, -0.2) is 24.5 Å². The van der Waals surface area contributed by atoms with Gasteiger partial charge in [0, 0.05) is 12.1 Å². The van der Waals surface area contributed by atoms with Gasteiger partial charge in [0.2, 0.25) is 0 Å². The highest BCUT2D eigenvalue weighted by atomic mass is 16.8. The number of quaternary nitrogens is 1. The number of hydrogen-bond acceptors (Lipinski definition) is 4. The molecule has 86 valence electrons. The number of nitrogens with zero attached hydrogens (tertiary/aromatic N) is 1. The fourth-order valence-electron chi connectivity index (χ4n) is 1.70. The molecule has 0 spiro atoms. The Labute approximate surface area is 92.2 Å². The molecule has 0 radical (unpaired) electrons. The maximum absolute atomic E-state index is 11.3. The van der Waals surface area contributed by atoms with Gasteiger partial charge in [-0.2, -0.15) is 5.23 Å². The summed E-state index contributed by atoms with van der Waals surface area (Å²) < 4.78 is 4.82. The third-order valence-electron chi connectivity index (χ3n) is 2.50. The Balaban J connectivity index is 2.32. The van der Waals surface area contributed by atoms with Crippen LogP contribution < -0.4 is 10.1 Å². The number of anilines is 1. The van der Waals surface area contributed by atoms with Gasteiger partial charge in [0.05, 0.1) is 12.2 Å². The molecule has 0 aromatic heterocycles. The van der Waals surface area contributed by atoms with Crippen LogP contribution in [0.2, 0.25) is 0 Å². The molecule has 1 atom stereocenters. The number of aryl methyl sites for hydroxylation is 1. The summed E-state index contributed by atoms with van der Waals surface area (Å²) in [5.74, 6) is 0. The minimum absolute atomic E-state index is 0.216. The smallest absolute Gasteiger partial charge is 0.414 e. The fraction of sp³-hybridized carbons (Fsp3) is 0.300. The summed E-state index contributed by atoms with van der Waals surface area (Å²) >= 11 is 0. The first-order valence-electron chi connectivity index (χ1n) is 4.88. The predicted molar refractivity (Wildman–Crippen MR) is 55.6 cm³/mol. The lowest BCUT2D eigenvalue weighted by molar-refractivity contribution is -0.991. The number of carbonyl (C=O) groups excluding carboxylic acids is 1. The zero-order valence-corrected chi connectivity index (χ0v) is 8.77. The molecule has 1 aromatic carbocycles. The summed E-state index contributed by atoms with van der Waals surface area (Å²) in [5.41, 5.74) is 1.67. The average molecular weight is 224 g/mol. The normalized spacial score (nSPS) is 17.4. The van der Waals surface area contributed by atoms with Gasteiger partial charge >= 0.3 is 6.09 Å². The Morgan fingerprint density at radius 1 is 1.56 bits per heavy atom.